The number of nitrogens with zero attached hydrogens (tertiary/aromatic N) is 2. The third kappa shape index (κ3) is 4.02. The number of carbonyl (C=O) groups is 2. The van der Waals surface area contributed by atoms with Crippen LogP contribution in [-0.4, -0.2) is 33.1 Å². The molecule has 0 fully saturated rings. The topological polar surface area (TPSA) is 101 Å². The van der Waals surface area contributed by atoms with Crippen molar-refractivity contribution in [1.29, 1.82) is 0 Å². The van der Waals surface area contributed by atoms with E-state index in [1.165, 1.54) is 29.1 Å². The third-order valence-corrected chi connectivity index (χ3v) is 2.99. The second-order valence-electron chi connectivity index (χ2n) is 4.58. The van der Waals surface area contributed by atoms with E-state index in [4.69, 9.17) is 5.11 Å². The molecule has 114 valence electrons. The van der Waals surface area contributed by atoms with E-state index >= 15 is 0 Å². The van der Waals surface area contributed by atoms with E-state index < -0.39 is 5.97 Å². The minimum absolute atomic E-state index is 0.0529. The van der Waals surface area contributed by atoms with Gasteiger partial charge in [0.2, 0.25) is 0 Å². The lowest BCUT2D eigenvalue weighted by Gasteiger charge is -2.07. The van der Waals surface area contributed by atoms with Crippen molar-refractivity contribution < 1.29 is 14.7 Å². The van der Waals surface area contributed by atoms with Crippen LogP contribution in [0.5, 0.6) is 0 Å². The summed E-state index contributed by atoms with van der Waals surface area (Å²) in [6.45, 7) is 0.682. The maximum absolute atomic E-state index is 11.7. The Labute approximate surface area is 126 Å². The average Bonchev–Trinajstić information content (AvgIpc) is 2.53. The van der Waals surface area contributed by atoms with Crippen LogP contribution in [0.2, 0.25) is 0 Å². The molecule has 0 spiro atoms. The lowest BCUT2D eigenvalue weighted by atomic mass is 10.3. The molecule has 0 aromatic carbocycles. The minimum Gasteiger partial charge on any atom is -0.478 e. The fourth-order valence-electron chi connectivity index (χ4n) is 1.87. The molecule has 7 heteroatoms. The van der Waals surface area contributed by atoms with Gasteiger partial charge in [0.15, 0.2) is 0 Å². The highest BCUT2D eigenvalue weighted by molar-refractivity contribution is 5.92. The Kier molecular flexibility index (Phi) is 5.02. The van der Waals surface area contributed by atoms with Crippen molar-refractivity contribution in [2.45, 2.75) is 13.0 Å². The minimum atomic E-state index is -1.09. The van der Waals surface area contributed by atoms with Crippen LogP contribution in [0.1, 0.15) is 27.3 Å². The number of aromatic nitrogens is 2. The Bertz CT molecular complexity index is 725. The van der Waals surface area contributed by atoms with E-state index in [0.29, 0.717) is 25.2 Å². The zero-order valence-electron chi connectivity index (χ0n) is 11.7. The molecule has 2 rings (SSSR count). The van der Waals surface area contributed by atoms with E-state index in [1.54, 1.807) is 18.2 Å². The van der Waals surface area contributed by atoms with Gasteiger partial charge in [-0.15, -0.1) is 0 Å². The molecule has 0 saturated carbocycles. The van der Waals surface area contributed by atoms with Crippen LogP contribution < -0.4 is 10.9 Å². The first-order valence-electron chi connectivity index (χ1n) is 6.71. The fourth-order valence-corrected chi connectivity index (χ4v) is 1.87. The van der Waals surface area contributed by atoms with Gasteiger partial charge in [0.05, 0.1) is 5.56 Å². The van der Waals surface area contributed by atoms with Gasteiger partial charge in [-0.25, -0.2) is 4.79 Å². The number of aryl methyl sites for hydroxylation is 1. The van der Waals surface area contributed by atoms with E-state index in [1.807, 2.05) is 0 Å². The number of carboxylic acids is 1. The molecular formula is C15H15N3O4. The Balaban J connectivity index is 1.87. The molecule has 22 heavy (non-hydrogen) atoms. The van der Waals surface area contributed by atoms with Crippen LogP contribution >= 0.6 is 0 Å². The van der Waals surface area contributed by atoms with Crippen LogP contribution in [0.15, 0.2) is 47.5 Å². The first kappa shape index (κ1) is 15.4. The first-order valence-corrected chi connectivity index (χ1v) is 6.71. The summed E-state index contributed by atoms with van der Waals surface area (Å²) in [6, 6.07) is 7.54. The van der Waals surface area contributed by atoms with E-state index in [0.717, 1.165) is 0 Å². The fraction of sp³-hybridized carbons (Fsp3) is 0.200. The Hall–Kier alpha value is -2.96. The number of carboxylic acid groups (broad SMARTS) is 1. The smallest absolute Gasteiger partial charge is 0.337 e. The first-order chi connectivity index (χ1) is 10.6. The third-order valence-electron chi connectivity index (χ3n) is 2.99. The standard InChI is InChI=1S/C15H15N3O4/c19-13-6-5-11(15(21)22)10-18(13)9-3-8-17-14(20)12-4-1-2-7-16-12/h1-2,4-7,10H,3,8-9H2,(H,17,20)(H,21,22). The molecule has 0 atom stereocenters. The quantitative estimate of drug-likeness (QED) is 0.767. The molecule has 0 bridgehead atoms. The summed E-state index contributed by atoms with van der Waals surface area (Å²) in [4.78, 5) is 38.2. The monoisotopic (exact) mass is 301 g/mol. The number of hydrogen-bond donors (Lipinski definition) is 2. The highest BCUT2D eigenvalue weighted by Crippen LogP contribution is 1.97. The SMILES string of the molecule is O=C(O)c1ccc(=O)n(CCCNC(=O)c2ccccn2)c1. The van der Waals surface area contributed by atoms with Crippen LogP contribution in [0.4, 0.5) is 0 Å². The number of hydrogen-bond acceptors (Lipinski definition) is 4. The molecule has 0 aliphatic heterocycles. The number of aromatic carboxylic acids is 1. The Morgan fingerprint density at radius 2 is 2.05 bits per heavy atom. The van der Waals surface area contributed by atoms with Crippen molar-refractivity contribution in [2.75, 3.05) is 6.54 Å². The second kappa shape index (κ2) is 7.16. The number of pyridine rings is 2. The van der Waals surface area contributed by atoms with Crippen molar-refractivity contribution >= 4 is 11.9 Å². The summed E-state index contributed by atoms with van der Waals surface area (Å²) < 4.78 is 1.32. The van der Waals surface area contributed by atoms with Crippen LogP contribution in [0.25, 0.3) is 0 Å². The molecule has 2 heterocycles. The van der Waals surface area contributed by atoms with Crippen LogP contribution in [0, 0.1) is 0 Å². The lowest BCUT2D eigenvalue weighted by molar-refractivity contribution is 0.0695. The second-order valence-corrected chi connectivity index (χ2v) is 4.58. The molecular weight excluding hydrogens is 286 g/mol. The molecule has 2 aromatic heterocycles. The van der Waals surface area contributed by atoms with Crippen molar-refractivity contribution in [1.82, 2.24) is 14.9 Å². The maximum Gasteiger partial charge on any atom is 0.337 e. The molecule has 2 N–H and O–H groups in total. The summed E-state index contributed by atoms with van der Waals surface area (Å²) in [5.41, 5.74) is 0.103. The molecule has 7 nitrogen and oxygen atoms in total. The molecule has 2 aromatic rings. The van der Waals surface area contributed by atoms with E-state index in [9.17, 15) is 14.4 Å². The van der Waals surface area contributed by atoms with Crippen molar-refractivity contribution in [3.8, 4) is 0 Å². The predicted molar refractivity (Wildman–Crippen MR) is 78.8 cm³/mol. The van der Waals surface area contributed by atoms with Crippen molar-refractivity contribution in [3.05, 3.63) is 64.3 Å². The molecule has 0 aliphatic carbocycles. The molecule has 0 radical (unpaired) electrons. The zero-order chi connectivity index (χ0) is 15.9. The van der Waals surface area contributed by atoms with Gasteiger partial charge in [-0.05, 0) is 24.6 Å². The van der Waals surface area contributed by atoms with Gasteiger partial charge in [-0.1, -0.05) is 6.07 Å². The highest BCUT2D eigenvalue weighted by Gasteiger charge is 2.07. The summed E-state index contributed by atoms with van der Waals surface area (Å²) in [5, 5.41) is 11.6. The van der Waals surface area contributed by atoms with Crippen LogP contribution in [-0.2, 0) is 6.54 Å². The number of carbonyl (C=O) groups excluding carboxylic acids is 1. The van der Waals surface area contributed by atoms with Gasteiger partial charge in [0.25, 0.3) is 11.5 Å². The van der Waals surface area contributed by atoms with E-state index in [-0.39, 0.29) is 17.0 Å². The van der Waals surface area contributed by atoms with Gasteiger partial charge in [0.1, 0.15) is 5.69 Å². The average molecular weight is 301 g/mol. The molecule has 1 amide bonds. The maximum atomic E-state index is 11.7. The van der Waals surface area contributed by atoms with Crippen molar-refractivity contribution in [2.24, 2.45) is 0 Å². The molecule has 0 saturated heterocycles. The summed E-state index contributed by atoms with van der Waals surface area (Å²) >= 11 is 0. The van der Waals surface area contributed by atoms with Crippen LogP contribution in [0.3, 0.4) is 0 Å². The van der Waals surface area contributed by atoms with Gasteiger partial charge >= 0.3 is 5.97 Å². The van der Waals surface area contributed by atoms with E-state index in [2.05, 4.69) is 10.3 Å². The summed E-state index contributed by atoms with van der Waals surface area (Å²) in [6.07, 6.45) is 3.33. The normalized spacial score (nSPS) is 10.2. The lowest BCUT2D eigenvalue weighted by Crippen LogP contribution is -2.27. The highest BCUT2D eigenvalue weighted by atomic mass is 16.4. The zero-order valence-corrected chi connectivity index (χ0v) is 11.7. The van der Waals surface area contributed by atoms with Gasteiger partial charge in [0, 0.05) is 31.5 Å². The Morgan fingerprint density at radius 3 is 2.73 bits per heavy atom. The number of amides is 1. The number of rotatable bonds is 6. The van der Waals surface area contributed by atoms with Crippen molar-refractivity contribution in [3.63, 3.8) is 0 Å². The Morgan fingerprint density at radius 1 is 1.23 bits per heavy atom. The summed E-state index contributed by atoms with van der Waals surface area (Å²) in [5.74, 6) is -1.37. The number of nitrogens with one attached hydrogen (secondary N) is 1. The summed E-state index contributed by atoms with van der Waals surface area (Å²) in [7, 11) is 0. The largest absolute Gasteiger partial charge is 0.478 e. The molecule has 0 aliphatic rings. The van der Waals surface area contributed by atoms with Gasteiger partial charge in [-0.3, -0.25) is 14.6 Å². The molecule has 0 unspecified atom stereocenters. The van der Waals surface area contributed by atoms with Gasteiger partial charge < -0.3 is 15.0 Å². The van der Waals surface area contributed by atoms with Gasteiger partial charge in [-0.2, -0.15) is 0 Å². The predicted octanol–water partition coefficient (Wildman–Crippen LogP) is 0.762.